The number of nitrogen functional groups attached to an aromatic ring is 1. The van der Waals surface area contributed by atoms with E-state index in [2.05, 4.69) is 0 Å². The van der Waals surface area contributed by atoms with Crippen LogP contribution in [0.5, 0.6) is 0 Å². The van der Waals surface area contributed by atoms with Crippen molar-refractivity contribution in [2.45, 2.75) is 25.2 Å². The van der Waals surface area contributed by atoms with Crippen LogP contribution in [0.3, 0.4) is 0 Å². The van der Waals surface area contributed by atoms with E-state index in [0.29, 0.717) is 12.5 Å². The van der Waals surface area contributed by atoms with Gasteiger partial charge in [0.25, 0.3) is 5.69 Å². The maximum atomic E-state index is 14.0. The van der Waals surface area contributed by atoms with E-state index >= 15 is 0 Å². The summed E-state index contributed by atoms with van der Waals surface area (Å²) < 4.78 is 40.1. The highest BCUT2D eigenvalue weighted by atomic mass is 32.2. The monoisotopic (exact) mass is 317 g/mol. The smallest absolute Gasteiger partial charge is 0.274 e. The second kappa shape index (κ2) is 4.92. The van der Waals surface area contributed by atoms with E-state index in [1.54, 1.807) is 0 Å². The molecule has 2 rings (SSSR count). The molecule has 0 aromatic heterocycles. The van der Waals surface area contributed by atoms with Crippen LogP contribution in [0.4, 0.5) is 15.8 Å². The average molecular weight is 317 g/mol. The van der Waals surface area contributed by atoms with Crippen LogP contribution in [0.15, 0.2) is 17.0 Å². The lowest BCUT2D eigenvalue weighted by Gasteiger charge is -2.20. The molecule has 7 nitrogen and oxygen atoms in total. The molecule has 1 aromatic carbocycles. The van der Waals surface area contributed by atoms with Gasteiger partial charge in [0, 0.05) is 19.2 Å². The van der Waals surface area contributed by atoms with Gasteiger partial charge in [-0.15, -0.1) is 0 Å². The number of anilines is 1. The average Bonchev–Trinajstić information content (AvgIpc) is 2.69. The van der Waals surface area contributed by atoms with Crippen molar-refractivity contribution < 1.29 is 17.7 Å². The van der Waals surface area contributed by atoms with E-state index in [9.17, 15) is 22.9 Å². The first-order valence-corrected chi connectivity index (χ1v) is 7.72. The van der Waals surface area contributed by atoms with E-state index in [1.165, 1.54) is 0 Å². The van der Waals surface area contributed by atoms with Crippen molar-refractivity contribution in [1.29, 1.82) is 0 Å². The highest BCUT2D eigenvalue weighted by Crippen LogP contribution is 2.36. The molecule has 1 aliphatic rings. The summed E-state index contributed by atoms with van der Waals surface area (Å²) in [5.74, 6) is -1.20. The van der Waals surface area contributed by atoms with Crippen molar-refractivity contribution >= 4 is 21.4 Å². The Morgan fingerprint density at radius 3 is 2.48 bits per heavy atom. The molecule has 2 N–H and O–H groups in total. The van der Waals surface area contributed by atoms with Crippen LogP contribution in [-0.4, -0.2) is 30.7 Å². The van der Waals surface area contributed by atoms with Gasteiger partial charge >= 0.3 is 0 Å². The molecule has 0 bridgehead atoms. The van der Waals surface area contributed by atoms with E-state index in [0.717, 1.165) is 10.4 Å². The lowest BCUT2D eigenvalue weighted by Crippen LogP contribution is -2.31. The van der Waals surface area contributed by atoms with E-state index < -0.39 is 37.0 Å². The Bertz CT molecular complexity index is 679. The predicted molar refractivity (Wildman–Crippen MR) is 74.6 cm³/mol. The molecule has 0 unspecified atom stereocenters. The lowest BCUT2D eigenvalue weighted by molar-refractivity contribution is -0.385. The summed E-state index contributed by atoms with van der Waals surface area (Å²) in [6.07, 6.45) is 0.654. The van der Waals surface area contributed by atoms with E-state index in [-0.39, 0.29) is 18.5 Å². The molecule has 21 heavy (non-hydrogen) atoms. The van der Waals surface area contributed by atoms with E-state index in [1.807, 2.05) is 13.8 Å². The Hall–Kier alpha value is -1.74. The van der Waals surface area contributed by atoms with Crippen molar-refractivity contribution in [3.63, 3.8) is 0 Å². The van der Waals surface area contributed by atoms with Gasteiger partial charge in [-0.05, 0) is 11.8 Å². The highest BCUT2D eigenvalue weighted by molar-refractivity contribution is 7.89. The standard InChI is InChI=1S/C12H16FN3O4S/c1-12(2)3-4-15(7-12)21(19,20)11-9(13)5-8(16(17)18)6-10(11)14/h5-6H,3-4,7,14H2,1-2H3. The third-order valence-corrected chi connectivity index (χ3v) is 5.45. The van der Waals surface area contributed by atoms with Crippen molar-refractivity contribution in [3.05, 3.63) is 28.1 Å². The fourth-order valence-electron chi connectivity index (χ4n) is 2.37. The summed E-state index contributed by atoms with van der Waals surface area (Å²) in [4.78, 5) is 9.12. The summed E-state index contributed by atoms with van der Waals surface area (Å²) in [7, 11) is -4.10. The lowest BCUT2D eigenvalue weighted by atomic mass is 9.93. The van der Waals surface area contributed by atoms with Crippen molar-refractivity contribution in [2.24, 2.45) is 5.41 Å². The Morgan fingerprint density at radius 1 is 1.43 bits per heavy atom. The van der Waals surface area contributed by atoms with Gasteiger partial charge in [-0.2, -0.15) is 4.31 Å². The van der Waals surface area contributed by atoms with Crippen LogP contribution in [0, 0.1) is 21.3 Å². The van der Waals surface area contributed by atoms with Gasteiger partial charge in [0.05, 0.1) is 16.7 Å². The van der Waals surface area contributed by atoms with Gasteiger partial charge in [0.15, 0.2) is 5.82 Å². The second-order valence-electron chi connectivity index (χ2n) is 5.86. The number of sulfonamides is 1. The van der Waals surface area contributed by atoms with Gasteiger partial charge in [0.1, 0.15) is 4.90 Å². The number of nitro groups is 1. The molecule has 0 atom stereocenters. The Balaban J connectivity index is 2.49. The van der Waals surface area contributed by atoms with Crippen LogP contribution >= 0.6 is 0 Å². The molecule has 0 radical (unpaired) electrons. The minimum absolute atomic E-state index is 0.195. The number of benzene rings is 1. The molecule has 9 heteroatoms. The first-order valence-electron chi connectivity index (χ1n) is 6.28. The van der Waals surface area contributed by atoms with Crippen molar-refractivity contribution in [2.75, 3.05) is 18.8 Å². The van der Waals surface area contributed by atoms with Crippen LogP contribution in [0.1, 0.15) is 20.3 Å². The molecule has 0 spiro atoms. The minimum atomic E-state index is -4.10. The summed E-state index contributed by atoms with van der Waals surface area (Å²) >= 11 is 0. The van der Waals surface area contributed by atoms with Gasteiger partial charge in [-0.1, -0.05) is 13.8 Å². The third-order valence-electron chi connectivity index (χ3n) is 3.51. The van der Waals surface area contributed by atoms with Crippen molar-refractivity contribution in [1.82, 2.24) is 4.31 Å². The minimum Gasteiger partial charge on any atom is -0.397 e. The molecule has 0 saturated carbocycles. The summed E-state index contributed by atoms with van der Waals surface area (Å²) in [6.45, 7) is 4.35. The quantitative estimate of drug-likeness (QED) is 0.519. The Morgan fingerprint density at radius 2 is 2.05 bits per heavy atom. The summed E-state index contributed by atoms with van der Waals surface area (Å²) in [6, 6.07) is 1.43. The fourth-order valence-corrected chi connectivity index (χ4v) is 4.15. The molecule has 0 amide bonds. The van der Waals surface area contributed by atoms with Gasteiger partial charge in [-0.25, -0.2) is 12.8 Å². The van der Waals surface area contributed by atoms with Gasteiger partial charge < -0.3 is 5.73 Å². The molecular weight excluding hydrogens is 301 g/mol. The molecule has 1 saturated heterocycles. The number of hydrogen-bond acceptors (Lipinski definition) is 5. The first kappa shape index (κ1) is 15.6. The predicted octanol–water partition coefficient (Wildman–Crippen LogP) is 1.74. The molecule has 116 valence electrons. The molecule has 1 aliphatic heterocycles. The van der Waals surface area contributed by atoms with Gasteiger partial charge in [0.2, 0.25) is 10.0 Å². The Labute approximate surface area is 121 Å². The number of nitrogens with zero attached hydrogens (tertiary/aromatic N) is 2. The summed E-state index contributed by atoms with van der Waals surface area (Å²) in [5, 5.41) is 10.6. The zero-order valence-corrected chi connectivity index (χ0v) is 12.5. The zero-order valence-electron chi connectivity index (χ0n) is 11.7. The van der Waals surface area contributed by atoms with E-state index in [4.69, 9.17) is 5.73 Å². The molecule has 1 heterocycles. The number of nitro benzene ring substituents is 1. The molecule has 1 aromatic rings. The van der Waals surface area contributed by atoms with Crippen molar-refractivity contribution in [3.8, 4) is 0 Å². The largest absolute Gasteiger partial charge is 0.397 e. The topological polar surface area (TPSA) is 107 Å². The SMILES string of the molecule is CC1(C)CCN(S(=O)(=O)c2c(N)cc([N+](=O)[O-])cc2F)C1. The Kier molecular flexibility index (Phi) is 3.66. The van der Waals surface area contributed by atoms with Crippen LogP contribution in [0.25, 0.3) is 0 Å². The maximum Gasteiger partial charge on any atom is 0.274 e. The fraction of sp³-hybridized carbons (Fsp3) is 0.500. The van der Waals surface area contributed by atoms with Gasteiger partial charge in [-0.3, -0.25) is 10.1 Å². The first-order chi connectivity index (χ1) is 9.54. The normalized spacial score (nSPS) is 18.8. The number of halogens is 1. The number of hydrogen-bond donors (Lipinski definition) is 1. The maximum absolute atomic E-state index is 14.0. The highest BCUT2D eigenvalue weighted by Gasteiger charge is 2.39. The van der Waals surface area contributed by atoms with Crippen LogP contribution in [0.2, 0.25) is 0 Å². The number of rotatable bonds is 3. The zero-order chi connectivity index (χ0) is 16.0. The second-order valence-corrected chi connectivity index (χ2v) is 7.73. The number of non-ortho nitro benzene ring substituents is 1. The summed E-state index contributed by atoms with van der Waals surface area (Å²) in [5.41, 5.74) is 4.31. The van der Waals surface area contributed by atoms with Crippen LogP contribution in [-0.2, 0) is 10.0 Å². The third kappa shape index (κ3) is 2.84. The number of nitrogens with two attached hydrogens (primary N) is 1. The van der Waals surface area contributed by atoms with Crippen LogP contribution < -0.4 is 5.73 Å². The molecular formula is C12H16FN3O4S. The molecule has 1 fully saturated rings. The molecule has 0 aliphatic carbocycles.